The van der Waals surface area contributed by atoms with Crippen molar-refractivity contribution in [2.45, 2.75) is 30.7 Å². The molecule has 0 N–H and O–H groups in total. The molecule has 6 heteroatoms. The number of likely N-dealkylation sites (N-methyl/N-ethyl adjacent to an activating group) is 1. The molecule has 2 saturated heterocycles. The van der Waals surface area contributed by atoms with E-state index in [0.717, 1.165) is 24.8 Å². The monoisotopic (exact) mass is 339 g/mol. The average molecular weight is 339 g/mol. The molecule has 2 aliphatic heterocycles. The Bertz CT molecular complexity index is 764. The molecule has 0 unspecified atom stereocenters. The summed E-state index contributed by atoms with van der Waals surface area (Å²) in [7, 11) is 1.90. The summed E-state index contributed by atoms with van der Waals surface area (Å²) in [6, 6.07) is 5.54. The normalized spacial score (nSPS) is 22.6. The Balaban J connectivity index is 1.49. The second kappa shape index (κ2) is 6.02. The first-order valence-corrected chi connectivity index (χ1v) is 8.60. The van der Waals surface area contributed by atoms with E-state index in [4.69, 9.17) is 4.42 Å². The fourth-order valence-corrected chi connectivity index (χ4v) is 4.15. The molecule has 25 heavy (non-hydrogen) atoms. The summed E-state index contributed by atoms with van der Waals surface area (Å²) in [5.41, 5.74) is 1.40. The largest absolute Gasteiger partial charge is 0.472 e. The van der Waals surface area contributed by atoms with Crippen LogP contribution in [0.2, 0.25) is 0 Å². The molecule has 0 bridgehead atoms. The zero-order valence-electron chi connectivity index (χ0n) is 14.2. The van der Waals surface area contributed by atoms with Crippen molar-refractivity contribution in [1.29, 1.82) is 0 Å². The van der Waals surface area contributed by atoms with Gasteiger partial charge in [0.05, 0.1) is 17.7 Å². The number of furan rings is 1. The molecule has 1 spiro atoms. The fourth-order valence-electron chi connectivity index (χ4n) is 4.15. The summed E-state index contributed by atoms with van der Waals surface area (Å²) < 4.78 is 5.01. The van der Waals surface area contributed by atoms with E-state index < -0.39 is 0 Å². The number of rotatable bonds is 2. The first-order chi connectivity index (χ1) is 12.1. The topological polar surface area (TPSA) is 66.7 Å². The second-order valence-corrected chi connectivity index (χ2v) is 6.97. The zero-order valence-corrected chi connectivity index (χ0v) is 14.2. The van der Waals surface area contributed by atoms with Crippen LogP contribution in [0.3, 0.4) is 0 Å². The predicted molar refractivity (Wildman–Crippen MR) is 90.9 cm³/mol. The molecular formula is C19H21N3O3. The summed E-state index contributed by atoms with van der Waals surface area (Å²) in [5.74, 6) is 0.0248. The van der Waals surface area contributed by atoms with Gasteiger partial charge in [0, 0.05) is 38.1 Å². The number of hydrogen-bond donors (Lipinski definition) is 0. The number of nitrogens with zero attached hydrogens (tertiary/aromatic N) is 3. The highest BCUT2D eigenvalue weighted by Gasteiger charge is 2.50. The van der Waals surface area contributed by atoms with Crippen molar-refractivity contribution in [2.75, 3.05) is 20.1 Å². The minimum Gasteiger partial charge on any atom is -0.472 e. The third-order valence-corrected chi connectivity index (χ3v) is 5.76. The van der Waals surface area contributed by atoms with Crippen LogP contribution in [0.5, 0.6) is 0 Å². The van der Waals surface area contributed by atoms with Crippen molar-refractivity contribution in [3.05, 3.63) is 54.2 Å². The van der Waals surface area contributed by atoms with Gasteiger partial charge in [0.25, 0.3) is 5.91 Å². The van der Waals surface area contributed by atoms with Crippen LogP contribution < -0.4 is 0 Å². The van der Waals surface area contributed by atoms with Crippen LogP contribution in [0, 0.1) is 0 Å². The number of piperidine rings is 1. The fraction of sp³-hybridized carbons (Fsp3) is 0.421. The minimum atomic E-state index is -0.162. The summed E-state index contributed by atoms with van der Waals surface area (Å²) in [6.07, 6.45) is 8.90. The van der Waals surface area contributed by atoms with Crippen LogP contribution in [0.1, 0.15) is 41.1 Å². The Morgan fingerprint density at radius 1 is 1.32 bits per heavy atom. The van der Waals surface area contributed by atoms with Gasteiger partial charge in [-0.05, 0) is 37.0 Å². The number of aromatic nitrogens is 1. The summed E-state index contributed by atoms with van der Waals surface area (Å²) in [4.78, 5) is 33.2. The zero-order chi connectivity index (χ0) is 17.4. The lowest BCUT2D eigenvalue weighted by Gasteiger charge is -2.43. The molecule has 0 aliphatic carbocycles. The molecule has 2 aromatic rings. The molecule has 2 aliphatic rings. The molecule has 0 radical (unpaired) electrons. The number of pyridine rings is 1. The van der Waals surface area contributed by atoms with Crippen molar-refractivity contribution in [3.8, 4) is 0 Å². The first kappa shape index (κ1) is 15.9. The van der Waals surface area contributed by atoms with Crippen LogP contribution >= 0.6 is 0 Å². The van der Waals surface area contributed by atoms with Crippen LogP contribution in [0.4, 0.5) is 0 Å². The molecular weight excluding hydrogens is 318 g/mol. The van der Waals surface area contributed by atoms with Gasteiger partial charge in [0.1, 0.15) is 6.26 Å². The lowest BCUT2D eigenvalue weighted by atomic mass is 9.81. The van der Waals surface area contributed by atoms with Gasteiger partial charge in [-0.2, -0.15) is 0 Å². The number of carbonyl (C=O) groups excluding carboxylic acids is 2. The number of hydrogen-bond acceptors (Lipinski definition) is 4. The van der Waals surface area contributed by atoms with E-state index in [1.54, 1.807) is 18.5 Å². The second-order valence-electron chi connectivity index (χ2n) is 6.97. The maximum Gasteiger partial charge on any atom is 0.257 e. The maximum absolute atomic E-state index is 12.8. The Kier molecular flexibility index (Phi) is 3.82. The van der Waals surface area contributed by atoms with E-state index in [9.17, 15) is 9.59 Å². The summed E-state index contributed by atoms with van der Waals surface area (Å²) in [5, 5.41) is 0. The molecule has 6 nitrogen and oxygen atoms in total. The van der Waals surface area contributed by atoms with Gasteiger partial charge >= 0.3 is 0 Å². The van der Waals surface area contributed by atoms with Crippen molar-refractivity contribution in [1.82, 2.24) is 14.8 Å². The number of carbonyl (C=O) groups is 2. The van der Waals surface area contributed by atoms with Crippen LogP contribution in [-0.4, -0.2) is 52.3 Å². The molecule has 2 fully saturated rings. The first-order valence-electron chi connectivity index (χ1n) is 8.60. The molecule has 0 aromatic carbocycles. The van der Waals surface area contributed by atoms with Crippen LogP contribution in [0.25, 0.3) is 0 Å². The van der Waals surface area contributed by atoms with Crippen LogP contribution in [0.15, 0.2) is 47.5 Å². The quantitative estimate of drug-likeness (QED) is 0.842. The van der Waals surface area contributed by atoms with Gasteiger partial charge < -0.3 is 14.2 Å². The van der Waals surface area contributed by atoms with Crippen LogP contribution in [-0.2, 0) is 4.79 Å². The molecule has 4 heterocycles. The molecule has 2 amide bonds. The lowest BCUT2D eigenvalue weighted by molar-refractivity contribution is -0.131. The molecule has 1 atom stereocenters. The van der Waals surface area contributed by atoms with E-state index in [-0.39, 0.29) is 23.3 Å². The third-order valence-electron chi connectivity index (χ3n) is 5.76. The van der Waals surface area contributed by atoms with Gasteiger partial charge in [0.15, 0.2) is 0 Å². The SMILES string of the molecule is CN1C(=O)[C@H](c2cccnc2)CC12CCN(C(=O)c1ccoc1)CC2. The van der Waals surface area contributed by atoms with E-state index in [2.05, 4.69) is 4.98 Å². The van der Waals surface area contributed by atoms with Gasteiger partial charge in [-0.3, -0.25) is 14.6 Å². The Hall–Kier alpha value is -2.63. The van der Waals surface area contributed by atoms with Gasteiger partial charge in [-0.15, -0.1) is 0 Å². The minimum absolute atomic E-state index is 0.000569. The number of likely N-dealkylation sites (tertiary alicyclic amines) is 2. The van der Waals surface area contributed by atoms with Gasteiger partial charge in [0.2, 0.25) is 5.91 Å². The Morgan fingerprint density at radius 3 is 2.76 bits per heavy atom. The van der Waals surface area contributed by atoms with Crippen molar-refractivity contribution in [2.24, 2.45) is 0 Å². The Morgan fingerprint density at radius 2 is 2.12 bits per heavy atom. The standard InChI is InChI=1S/C19H21N3O3/c1-21-18(24)16(14-3-2-7-20-12-14)11-19(21)5-8-22(9-6-19)17(23)15-4-10-25-13-15/h2-4,7,10,12-13,16H,5-6,8-9,11H2,1H3/t16-/m0/s1. The van der Waals surface area contributed by atoms with Crippen molar-refractivity contribution >= 4 is 11.8 Å². The van der Waals surface area contributed by atoms with Gasteiger partial charge in [-0.25, -0.2) is 0 Å². The lowest BCUT2D eigenvalue weighted by Crippen LogP contribution is -2.52. The molecule has 2 aromatic heterocycles. The maximum atomic E-state index is 12.8. The molecule has 4 rings (SSSR count). The third kappa shape index (κ3) is 2.62. The Labute approximate surface area is 146 Å². The highest BCUT2D eigenvalue weighted by molar-refractivity contribution is 5.94. The molecule has 130 valence electrons. The van der Waals surface area contributed by atoms with Crippen molar-refractivity contribution < 1.29 is 14.0 Å². The predicted octanol–water partition coefficient (Wildman–Crippen LogP) is 2.30. The highest BCUT2D eigenvalue weighted by atomic mass is 16.3. The smallest absolute Gasteiger partial charge is 0.257 e. The van der Waals surface area contributed by atoms with E-state index in [1.807, 2.05) is 29.0 Å². The van der Waals surface area contributed by atoms with Crippen molar-refractivity contribution in [3.63, 3.8) is 0 Å². The number of amides is 2. The van der Waals surface area contributed by atoms with E-state index in [0.29, 0.717) is 18.7 Å². The van der Waals surface area contributed by atoms with Gasteiger partial charge in [-0.1, -0.05) is 6.07 Å². The average Bonchev–Trinajstić information content (AvgIpc) is 3.27. The molecule has 0 saturated carbocycles. The van der Waals surface area contributed by atoms with E-state index in [1.165, 1.54) is 12.5 Å². The van der Waals surface area contributed by atoms with E-state index >= 15 is 0 Å². The summed E-state index contributed by atoms with van der Waals surface area (Å²) >= 11 is 0. The summed E-state index contributed by atoms with van der Waals surface area (Å²) in [6.45, 7) is 1.31. The highest BCUT2D eigenvalue weighted by Crippen LogP contribution is 2.44.